The van der Waals surface area contributed by atoms with Crippen LogP contribution in [0.2, 0.25) is 0 Å². The Kier molecular flexibility index (Phi) is 2.36. The first-order chi connectivity index (χ1) is 7.83. The summed E-state index contributed by atoms with van der Waals surface area (Å²) in [6.45, 7) is 1.02. The zero-order valence-electron chi connectivity index (χ0n) is 9.14. The molecule has 0 radical (unpaired) electrons. The van der Waals surface area contributed by atoms with Crippen LogP contribution in [0.3, 0.4) is 0 Å². The standard InChI is InChI=1S/C12H14N2OS/c1-14-6-9(5-10-3-2-4-15-10)13-11-7-16-8-12(11)14/h2-4,7-9,13H,5-6H2,1H3. The molecule has 3 rings (SSSR count). The van der Waals surface area contributed by atoms with Crippen molar-refractivity contribution < 1.29 is 4.42 Å². The average Bonchev–Trinajstić information content (AvgIpc) is 2.87. The first kappa shape index (κ1) is 9.78. The minimum absolute atomic E-state index is 0.429. The fraction of sp³-hybridized carbons (Fsp3) is 0.333. The van der Waals surface area contributed by atoms with E-state index in [0.717, 1.165) is 18.7 Å². The molecular weight excluding hydrogens is 220 g/mol. The summed E-state index contributed by atoms with van der Waals surface area (Å²) in [6, 6.07) is 4.40. The second kappa shape index (κ2) is 3.87. The van der Waals surface area contributed by atoms with Crippen LogP contribution in [0.1, 0.15) is 5.76 Å². The Bertz CT molecular complexity index is 463. The Morgan fingerprint density at radius 2 is 2.50 bits per heavy atom. The van der Waals surface area contributed by atoms with Gasteiger partial charge < -0.3 is 14.6 Å². The van der Waals surface area contributed by atoms with Crippen LogP contribution in [0, 0.1) is 0 Å². The molecule has 0 saturated heterocycles. The zero-order valence-corrected chi connectivity index (χ0v) is 9.96. The molecule has 0 spiro atoms. The lowest BCUT2D eigenvalue weighted by atomic mass is 10.1. The number of nitrogens with one attached hydrogen (secondary N) is 1. The largest absolute Gasteiger partial charge is 0.469 e. The van der Waals surface area contributed by atoms with E-state index in [-0.39, 0.29) is 0 Å². The normalized spacial score (nSPS) is 19.3. The van der Waals surface area contributed by atoms with E-state index in [2.05, 4.69) is 28.0 Å². The maximum absolute atomic E-state index is 5.39. The lowest BCUT2D eigenvalue weighted by Gasteiger charge is -2.32. The summed E-state index contributed by atoms with van der Waals surface area (Å²) in [4.78, 5) is 2.30. The van der Waals surface area contributed by atoms with Gasteiger partial charge in [-0.1, -0.05) is 0 Å². The second-order valence-electron chi connectivity index (χ2n) is 4.18. The third-order valence-corrected chi connectivity index (χ3v) is 3.67. The topological polar surface area (TPSA) is 28.4 Å². The van der Waals surface area contributed by atoms with Crippen molar-refractivity contribution >= 4 is 22.7 Å². The van der Waals surface area contributed by atoms with Gasteiger partial charge in [-0.3, -0.25) is 0 Å². The van der Waals surface area contributed by atoms with Gasteiger partial charge in [0.25, 0.3) is 0 Å². The third-order valence-electron chi connectivity index (χ3n) is 2.93. The van der Waals surface area contributed by atoms with Crippen LogP contribution in [-0.2, 0) is 6.42 Å². The minimum atomic E-state index is 0.429. The van der Waals surface area contributed by atoms with Crippen molar-refractivity contribution in [1.29, 1.82) is 0 Å². The fourth-order valence-electron chi connectivity index (χ4n) is 2.18. The number of likely N-dealkylation sites (N-methyl/N-ethyl adjacent to an activating group) is 1. The Morgan fingerprint density at radius 1 is 1.56 bits per heavy atom. The van der Waals surface area contributed by atoms with Gasteiger partial charge in [-0.25, -0.2) is 0 Å². The molecule has 0 amide bonds. The number of furan rings is 1. The van der Waals surface area contributed by atoms with Crippen molar-refractivity contribution in [2.24, 2.45) is 0 Å². The van der Waals surface area contributed by atoms with Crippen LogP contribution in [0.5, 0.6) is 0 Å². The molecule has 1 atom stereocenters. The average molecular weight is 234 g/mol. The van der Waals surface area contributed by atoms with E-state index in [0.29, 0.717) is 6.04 Å². The number of hydrogen-bond acceptors (Lipinski definition) is 4. The van der Waals surface area contributed by atoms with Gasteiger partial charge in [-0.15, -0.1) is 11.3 Å². The van der Waals surface area contributed by atoms with E-state index >= 15 is 0 Å². The molecule has 84 valence electrons. The predicted octanol–water partition coefficient (Wildman–Crippen LogP) is 2.81. The molecule has 3 heterocycles. The molecule has 4 heteroatoms. The van der Waals surface area contributed by atoms with E-state index in [4.69, 9.17) is 4.42 Å². The SMILES string of the molecule is CN1CC(Cc2ccco2)Nc2cscc21. The minimum Gasteiger partial charge on any atom is -0.469 e. The van der Waals surface area contributed by atoms with Crippen molar-refractivity contribution in [3.63, 3.8) is 0 Å². The van der Waals surface area contributed by atoms with Crippen molar-refractivity contribution in [2.45, 2.75) is 12.5 Å². The molecule has 0 saturated carbocycles. The molecular formula is C12H14N2OS. The van der Waals surface area contributed by atoms with Crippen molar-refractivity contribution in [3.05, 3.63) is 34.9 Å². The number of anilines is 2. The monoisotopic (exact) mass is 234 g/mol. The molecule has 0 aromatic carbocycles. The van der Waals surface area contributed by atoms with Crippen LogP contribution >= 0.6 is 11.3 Å². The highest BCUT2D eigenvalue weighted by molar-refractivity contribution is 7.09. The maximum atomic E-state index is 5.39. The molecule has 0 bridgehead atoms. The maximum Gasteiger partial charge on any atom is 0.105 e. The first-order valence-corrected chi connectivity index (χ1v) is 6.33. The van der Waals surface area contributed by atoms with Gasteiger partial charge in [-0.05, 0) is 12.1 Å². The van der Waals surface area contributed by atoms with Crippen molar-refractivity contribution in [1.82, 2.24) is 0 Å². The van der Waals surface area contributed by atoms with E-state index in [9.17, 15) is 0 Å². The van der Waals surface area contributed by atoms with Gasteiger partial charge in [0, 0.05) is 30.8 Å². The highest BCUT2D eigenvalue weighted by atomic mass is 32.1. The Morgan fingerprint density at radius 3 is 3.31 bits per heavy atom. The molecule has 2 aromatic rings. The van der Waals surface area contributed by atoms with Crippen LogP contribution in [0.4, 0.5) is 11.4 Å². The highest BCUT2D eigenvalue weighted by Crippen LogP contribution is 2.33. The van der Waals surface area contributed by atoms with Gasteiger partial charge >= 0.3 is 0 Å². The molecule has 16 heavy (non-hydrogen) atoms. The van der Waals surface area contributed by atoms with Gasteiger partial charge in [0.2, 0.25) is 0 Å². The summed E-state index contributed by atoms with van der Waals surface area (Å²) >= 11 is 1.74. The number of nitrogens with zero attached hydrogens (tertiary/aromatic N) is 1. The van der Waals surface area contributed by atoms with Crippen LogP contribution in [0.25, 0.3) is 0 Å². The zero-order chi connectivity index (χ0) is 11.0. The van der Waals surface area contributed by atoms with Crippen LogP contribution in [-0.4, -0.2) is 19.6 Å². The molecule has 1 N–H and O–H groups in total. The van der Waals surface area contributed by atoms with Crippen molar-refractivity contribution in [2.75, 3.05) is 23.8 Å². The molecule has 1 aliphatic rings. The van der Waals surface area contributed by atoms with Gasteiger partial charge in [0.05, 0.1) is 23.7 Å². The Balaban J connectivity index is 1.76. The number of rotatable bonds is 2. The quantitative estimate of drug-likeness (QED) is 0.866. The van der Waals surface area contributed by atoms with Gasteiger partial charge in [0.15, 0.2) is 0 Å². The van der Waals surface area contributed by atoms with Crippen LogP contribution < -0.4 is 10.2 Å². The molecule has 3 nitrogen and oxygen atoms in total. The fourth-order valence-corrected chi connectivity index (χ4v) is 3.00. The summed E-state index contributed by atoms with van der Waals surface area (Å²) < 4.78 is 5.39. The van der Waals surface area contributed by atoms with Gasteiger partial charge in [-0.2, -0.15) is 0 Å². The lowest BCUT2D eigenvalue weighted by molar-refractivity contribution is 0.489. The Labute approximate surface area is 98.7 Å². The molecule has 0 fully saturated rings. The number of hydrogen-bond donors (Lipinski definition) is 1. The number of fused-ring (bicyclic) bond motifs is 1. The van der Waals surface area contributed by atoms with E-state index in [1.807, 2.05) is 12.1 Å². The summed E-state index contributed by atoms with van der Waals surface area (Å²) in [7, 11) is 2.14. The van der Waals surface area contributed by atoms with E-state index in [1.54, 1.807) is 17.6 Å². The number of thiophene rings is 1. The molecule has 2 aromatic heterocycles. The summed E-state index contributed by atoms with van der Waals surface area (Å²) in [5.74, 6) is 1.05. The molecule has 1 unspecified atom stereocenters. The van der Waals surface area contributed by atoms with E-state index in [1.165, 1.54) is 11.4 Å². The predicted molar refractivity (Wildman–Crippen MR) is 67.4 cm³/mol. The van der Waals surface area contributed by atoms with Crippen molar-refractivity contribution in [3.8, 4) is 0 Å². The summed E-state index contributed by atoms with van der Waals surface area (Å²) in [5, 5.41) is 7.91. The first-order valence-electron chi connectivity index (χ1n) is 5.39. The third kappa shape index (κ3) is 1.69. The van der Waals surface area contributed by atoms with Gasteiger partial charge in [0.1, 0.15) is 5.76 Å². The van der Waals surface area contributed by atoms with Crippen LogP contribution in [0.15, 0.2) is 33.6 Å². The Hall–Kier alpha value is -1.42. The second-order valence-corrected chi connectivity index (χ2v) is 4.92. The summed E-state index contributed by atoms with van der Waals surface area (Å²) in [5.41, 5.74) is 2.55. The van der Waals surface area contributed by atoms with E-state index < -0.39 is 0 Å². The lowest BCUT2D eigenvalue weighted by Crippen LogP contribution is -2.40. The summed E-state index contributed by atoms with van der Waals surface area (Å²) in [6.07, 6.45) is 2.67. The highest BCUT2D eigenvalue weighted by Gasteiger charge is 2.22. The molecule has 0 aliphatic carbocycles. The smallest absolute Gasteiger partial charge is 0.105 e. The molecule has 1 aliphatic heterocycles.